The predicted octanol–water partition coefficient (Wildman–Crippen LogP) is 2.98. The van der Waals surface area contributed by atoms with Gasteiger partial charge in [-0.05, 0) is 43.5 Å². The van der Waals surface area contributed by atoms with E-state index in [2.05, 4.69) is 25.3 Å². The number of aryl methyl sites for hydroxylation is 1. The topological polar surface area (TPSA) is 101 Å². The molecule has 4 rings (SSSR count). The van der Waals surface area contributed by atoms with E-state index in [0.29, 0.717) is 42.4 Å². The van der Waals surface area contributed by atoms with Crippen molar-refractivity contribution in [3.8, 4) is 0 Å². The SMILES string of the molecule is Cc1ccc(S(=O)(=O)N2CCCC2c2cncc(Nc3ncccn3)n2)cc1F. The molecule has 1 N–H and O–H groups in total. The van der Waals surface area contributed by atoms with Crippen molar-refractivity contribution in [2.24, 2.45) is 0 Å². The second kappa shape index (κ2) is 7.80. The summed E-state index contributed by atoms with van der Waals surface area (Å²) in [6, 6.07) is 5.19. The van der Waals surface area contributed by atoms with Crippen molar-refractivity contribution in [3.05, 3.63) is 66.1 Å². The molecule has 3 heterocycles. The van der Waals surface area contributed by atoms with Gasteiger partial charge in [0.1, 0.15) is 5.82 Å². The molecule has 1 fully saturated rings. The average Bonchev–Trinajstić information content (AvgIpc) is 3.22. The van der Waals surface area contributed by atoms with Gasteiger partial charge in [-0.3, -0.25) is 4.98 Å². The molecule has 1 saturated heterocycles. The minimum absolute atomic E-state index is 0.0626. The molecule has 2 aromatic heterocycles. The van der Waals surface area contributed by atoms with Crippen LogP contribution in [0.25, 0.3) is 0 Å². The molecular weight excluding hydrogens is 395 g/mol. The zero-order valence-corrected chi connectivity index (χ0v) is 16.5. The van der Waals surface area contributed by atoms with Gasteiger partial charge in [-0.15, -0.1) is 0 Å². The molecule has 1 aliphatic heterocycles. The number of rotatable bonds is 5. The van der Waals surface area contributed by atoms with Crippen molar-refractivity contribution in [1.29, 1.82) is 0 Å². The van der Waals surface area contributed by atoms with Crippen LogP contribution in [0.5, 0.6) is 0 Å². The van der Waals surface area contributed by atoms with E-state index < -0.39 is 21.9 Å². The maximum atomic E-state index is 14.0. The van der Waals surface area contributed by atoms with Crippen LogP contribution in [0.3, 0.4) is 0 Å². The fourth-order valence-corrected chi connectivity index (χ4v) is 4.95. The minimum atomic E-state index is -3.87. The van der Waals surface area contributed by atoms with E-state index in [4.69, 9.17) is 0 Å². The van der Waals surface area contributed by atoms with Gasteiger partial charge in [-0.2, -0.15) is 4.31 Å². The molecule has 0 saturated carbocycles. The maximum absolute atomic E-state index is 14.0. The van der Waals surface area contributed by atoms with Crippen LogP contribution in [0.4, 0.5) is 16.2 Å². The Morgan fingerprint density at radius 2 is 2.00 bits per heavy atom. The first-order valence-corrected chi connectivity index (χ1v) is 10.5. The summed E-state index contributed by atoms with van der Waals surface area (Å²) in [7, 11) is -3.87. The summed E-state index contributed by atoms with van der Waals surface area (Å²) in [5.74, 6) is 0.236. The number of anilines is 2. The Balaban J connectivity index is 1.63. The smallest absolute Gasteiger partial charge is 0.243 e. The molecule has 0 aliphatic carbocycles. The van der Waals surface area contributed by atoms with Gasteiger partial charge in [-0.25, -0.2) is 27.8 Å². The lowest BCUT2D eigenvalue weighted by molar-refractivity contribution is 0.389. The van der Waals surface area contributed by atoms with Crippen molar-refractivity contribution in [2.45, 2.75) is 30.7 Å². The second-order valence-electron chi connectivity index (χ2n) is 6.71. The summed E-state index contributed by atoms with van der Waals surface area (Å²) >= 11 is 0. The molecule has 0 radical (unpaired) electrons. The van der Waals surface area contributed by atoms with Crippen molar-refractivity contribution in [2.75, 3.05) is 11.9 Å². The standard InChI is InChI=1S/C19H19FN6O2S/c1-13-5-6-14(10-15(13)20)29(27,28)26-9-2-4-17(26)16-11-21-12-18(24-16)25-19-22-7-3-8-23-19/h3,5-8,10-12,17H,2,4,9H2,1H3,(H,22,23,24,25). The van der Waals surface area contributed by atoms with Gasteiger partial charge in [0.15, 0.2) is 5.82 Å². The molecule has 29 heavy (non-hydrogen) atoms. The Labute approximate surface area is 167 Å². The maximum Gasteiger partial charge on any atom is 0.243 e. The number of benzene rings is 1. The fourth-order valence-electron chi connectivity index (χ4n) is 3.27. The molecule has 8 nitrogen and oxygen atoms in total. The highest BCUT2D eigenvalue weighted by atomic mass is 32.2. The highest BCUT2D eigenvalue weighted by Crippen LogP contribution is 2.36. The summed E-state index contributed by atoms with van der Waals surface area (Å²) in [6.45, 7) is 1.93. The van der Waals surface area contributed by atoms with Crippen LogP contribution in [0.1, 0.15) is 30.1 Å². The largest absolute Gasteiger partial charge is 0.307 e. The summed E-state index contributed by atoms with van der Waals surface area (Å²) in [6.07, 6.45) is 7.54. The zero-order chi connectivity index (χ0) is 20.4. The minimum Gasteiger partial charge on any atom is -0.307 e. The number of nitrogens with one attached hydrogen (secondary N) is 1. The molecule has 1 atom stereocenters. The number of hydrogen-bond donors (Lipinski definition) is 1. The molecule has 150 valence electrons. The molecule has 10 heteroatoms. The van der Waals surface area contributed by atoms with Crippen LogP contribution in [0, 0.1) is 12.7 Å². The molecule has 1 aromatic carbocycles. The van der Waals surface area contributed by atoms with E-state index in [-0.39, 0.29) is 4.90 Å². The third-order valence-electron chi connectivity index (χ3n) is 4.75. The molecule has 1 unspecified atom stereocenters. The fraction of sp³-hybridized carbons (Fsp3) is 0.263. The van der Waals surface area contributed by atoms with Gasteiger partial charge >= 0.3 is 0 Å². The first kappa shape index (κ1) is 19.3. The van der Waals surface area contributed by atoms with Crippen LogP contribution in [-0.4, -0.2) is 39.2 Å². The Morgan fingerprint density at radius 1 is 1.21 bits per heavy atom. The van der Waals surface area contributed by atoms with E-state index in [0.717, 1.165) is 6.07 Å². The second-order valence-corrected chi connectivity index (χ2v) is 8.60. The molecule has 0 amide bonds. The summed E-state index contributed by atoms with van der Waals surface area (Å²) < 4.78 is 41.6. The van der Waals surface area contributed by atoms with Gasteiger partial charge in [0.25, 0.3) is 0 Å². The Hall–Kier alpha value is -2.98. The lowest BCUT2D eigenvalue weighted by Crippen LogP contribution is -2.31. The Bertz CT molecular complexity index is 1130. The van der Waals surface area contributed by atoms with Crippen LogP contribution in [0.2, 0.25) is 0 Å². The summed E-state index contributed by atoms with van der Waals surface area (Å²) in [5, 5.41) is 2.95. The van der Waals surface area contributed by atoms with Gasteiger partial charge in [0.05, 0.1) is 29.0 Å². The Kier molecular flexibility index (Phi) is 5.20. The Morgan fingerprint density at radius 3 is 2.76 bits per heavy atom. The van der Waals surface area contributed by atoms with Crippen LogP contribution in [-0.2, 0) is 10.0 Å². The normalized spacial score (nSPS) is 17.4. The highest BCUT2D eigenvalue weighted by molar-refractivity contribution is 7.89. The van der Waals surface area contributed by atoms with E-state index in [1.54, 1.807) is 31.6 Å². The number of nitrogens with zero attached hydrogens (tertiary/aromatic N) is 5. The lowest BCUT2D eigenvalue weighted by atomic mass is 10.2. The quantitative estimate of drug-likeness (QED) is 0.685. The number of aromatic nitrogens is 4. The van der Waals surface area contributed by atoms with Gasteiger partial charge < -0.3 is 5.32 Å². The molecule has 0 spiro atoms. The monoisotopic (exact) mass is 414 g/mol. The molecular formula is C19H19FN6O2S. The summed E-state index contributed by atoms with van der Waals surface area (Å²) in [5.41, 5.74) is 0.911. The number of sulfonamides is 1. The van der Waals surface area contributed by atoms with E-state index in [1.165, 1.54) is 22.6 Å². The first-order chi connectivity index (χ1) is 13.9. The van der Waals surface area contributed by atoms with E-state index in [9.17, 15) is 12.8 Å². The van der Waals surface area contributed by atoms with Crippen molar-refractivity contribution in [1.82, 2.24) is 24.2 Å². The molecule has 1 aliphatic rings. The van der Waals surface area contributed by atoms with Crippen molar-refractivity contribution < 1.29 is 12.8 Å². The zero-order valence-electron chi connectivity index (χ0n) is 15.7. The summed E-state index contributed by atoms with van der Waals surface area (Å²) in [4.78, 5) is 16.8. The van der Waals surface area contributed by atoms with Crippen LogP contribution in [0.15, 0.2) is 53.9 Å². The third-order valence-corrected chi connectivity index (χ3v) is 6.66. The number of hydrogen-bond acceptors (Lipinski definition) is 7. The van der Waals surface area contributed by atoms with Crippen LogP contribution < -0.4 is 5.32 Å². The molecule has 0 bridgehead atoms. The lowest BCUT2D eigenvalue weighted by Gasteiger charge is -2.24. The third kappa shape index (κ3) is 3.94. The van der Waals surface area contributed by atoms with Crippen molar-refractivity contribution >= 4 is 21.8 Å². The molecule has 3 aromatic rings. The van der Waals surface area contributed by atoms with Gasteiger partial charge in [0.2, 0.25) is 16.0 Å². The number of halogens is 1. The van der Waals surface area contributed by atoms with Crippen LogP contribution >= 0.6 is 0 Å². The van der Waals surface area contributed by atoms with Gasteiger partial charge in [-0.1, -0.05) is 6.07 Å². The van der Waals surface area contributed by atoms with E-state index in [1.807, 2.05) is 0 Å². The van der Waals surface area contributed by atoms with E-state index >= 15 is 0 Å². The van der Waals surface area contributed by atoms with Crippen molar-refractivity contribution in [3.63, 3.8) is 0 Å². The predicted molar refractivity (Wildman–Crippen MR) is 104 cm³/mol. The average molecular weight is 414 g/mol. The van der Waals surface area contributed by atoms with Gasteiger partial charge in [0, 0.05) is 18.9 Å². The highest BCUT2D eigenvalue weighted by Gasteiger charge is 2.37. The first-order valence-electron chi connectivity index (χ1n) is 9.09.